The van der Waals surface area contributed by atoms with Crippen LogP contribution in [-0.4, -0.2) is 20.7 Å². The van der Waals surface area contributed by atoms with Crippen LogP contribution in [0.15, 0.2) is 42.6 Å². The van der Waals surface area contributed by atoms with Crippen molar-refractivity contribution >= 4 is 17.5 Å². The number of nitrogen functional groups attached to an aromatic ring is 1. The number of anilines is 2. The van der Waals surface area contributed by atoms with E-state index in [9.17, 15) is 4.79 Å². The number of carbonyl (C=O) groups is 1. The van der Waals surface area contributed by atoms with Crippen molar-refractivity contribution in [2.75, 3.05) is 11.1 Å². The highest BCUT2D eigenvalue weighted by molar-refractivity contribution is 6.04. The van der Waals surface area contributed by atoms with Crippen molar-refractivity contribution in [3.05, 3.63) is 59.4 Å². The minimum absolute atomic E-state index is 0.216. The van der Waals surface area contributed by atoms with E-state index < -0.39 is 0 Å². The van der Waals surface area contributed by atoms with Gasteiger partial charge in [-0.15, -0.1) is 0 Å². The summed E-state index contributed by atoms with van der Waals surface area (Å²) >= 11 is 0. The molecule has 3 rings (SSSR count). The number of nitrogens with zero attached hydrogens (tertiary/aromatic N) is 3. The van der Waals surface area contributed by atoms with Crippen LogP contribution in [0.25, 0.3) is 11.1 Å². The molecular formula is C18H19N5O. The van der Waals surface area contributed by atoms with Crippen molar-refractivity contribution < 1.29 is 4.79 Å². The van der Waals surface area contributed by atoms with Crippen molar-refractivity contribution in [2.24, 2.45) is 7.05 Å². The second-order valence-corrected chi connectivity index (χ2v) is 5.75. The smallest absolute Gasteiger partial charge is 0.256 e. The number of nitrogens with one attached hydrogen (secondary N) is 1. The van der Waals surface area contributed by atoms with Crippen LogP contribution in [0, 0.1) is 13.8 Å². The number of aromatic nitrogens is 3. The minimum Gasteiger partial charge on any atom is -0.383 e. The third-order valence-corrected chi connectivity index (χ3v) is 3.78. The van der Waals surface area contributed by atoms with E-state index in [1.807, 2.05) is 45.3 Å². The zero-order chi connectivity index (χ0) is 17.3. The van der Waals surface area contributed by atoms with Crippen LogP contribution in [0.2, 0.25) is 0 Å². The Labute approximate surface area is 140 Å². The first-order chi connectivity index (χ1) is 11.4. The van der Waals surface area contributed by atoms with Crippen LogP contribution in [0.3, 0.4) is 0 Å². The second-order valence-electron chi connectivity index (χ2n) is 5.75. The van der Waals surface area contributed by atoms with Gasteiger partial charge in [-0.3, -0.25) is 9.48 Å². The molecule has 0 atom stereocenters. The fourth-order valence-electron chi connectivity index (χ4n) is 2.53. The first kappa shape index (κ1) is 15.7. The van der Waals surface area contributed by atoms with E-state index in [0.717, 1.165) is 22.4 Å². The Balaban J connectivity index is 1.83. The van der Waals surface area contributed by atoms with Gasteiger partial charge in [-0.25, -0.2) is 4.98 Å². The summed E-state index contributed by atoms with van der Waals surface area (Å²) in [5.41, 5.74) is 10.4. The van der Waals surface area contributed by atoms with Crippen LogP contribution in [-0.2, 0) is 7.05 Å². The van der Waals surface area contributed by atoms with E-state index in [0.29, 0.717) is 17.2 Å². The van der Waals surface area contributed by atoms with Crippen molar-refractivity contribution in [3.8, 4) is 11.1 Å². The maximum Gasteiger partial charge on any atom is 0.256 e. The molecule has 0 bridgehead atoms. The molecule has 0 saturated carbocycles. The summed E-state index contributed by atoms with van der Waals surface area (Å²) in [6.07, 6.45) is 1.90. The molecule has 1 aromatic carbocycles. The molecule has 2 aromatic heterocycles. The summed E-state index contributed by atoms with van der Waals surface area (Å²) in [7, 11) is 1.86. The topological polar surface area (TPSA) is 85.8 Å². The molecule has 1 amide bonds. The maximum atomic E-state index is 12.2. The lowest BCUT2D eigenvalue weighted by Crippen LogP contribution is -2.13. The summed E-state index contributed by atoms with van der Waals surface area (Å²) in [5, 5.41) is 7.08. The Kier molecular flexibility index (Phi) is 4.04. The maximum absolute atomic E-state index is 12.2. The van der Waals surface area contributed by atoms with Crippen molar-refractivity contribution in [2.45, 2.75) is 13.8 Å². The van der Waals surface area contributed by atoms with Gasteiger partial charge in [-0.2, -0.15) is 5.10 Å². The highest BCUT2D eigenvalue weighted by atomic mass is 16.1. The van der Waals surface area contributed by atoms with Crippen LogP contribution in [0.5, 0.6) is 0 Å². The van der Waals surface area contributed by atoms with E-state index in [-0.39, 0.29) is 5.91 Å². The zero-order valence-corrected chi connectivity index (χ0v) is 13.9. The largest absolute Gasteiger partial charge is 0.383 e. The molecule has 0 aliphatic carbocycles. The van der Waals surface area contributed by atoms with E-state index in [1.165, 1.54) is 0 Å². The van der Waals surface area contributed by atoms with Crippen LogP contribution < -0.4 is 11.1 Å². The number of pyridine rings is 1. The van der Waals surface area contributed by atoms with Crippen LogP contribution in [0.1, 0.15) is 21.6 Å². The molecule has 2 heterocycles. The van der Waals surface area contributed by atoms with Gasteiger partial charge >= 0.3 is 0 Å². The van der Waals surface area contributed by atoms with E-state index >= 15 is 0 Å². The van der Waals surface area contributed by atoms with Crippen LogP contribution in [0.4, 0.5) is 11.6 Å². The van der Waals surface area contributed by atoms with Gasteiger partial charge in [0.25, 0.3) is 5.91 Å². The first-order valence-corrected chi connectivity index (χ1v) is 7.59. The SMILES string of the molecule is Cc1ccc(C(=O)Nc2ccc(-c3cn(C)nc3C)c(N)n2)cc1. The molecule has 0 unspecified atom stereocenters. The van der Waals surface area contributed by atoms with Crippen molar-refractivity contribution in [1.82, 2.24) is 14.8 Å². The van der Waals surface area contributed by atoms with E-state index in [1.54, 1.807) is 22.9 Å². The van der Waals surface area contributed by atoms with E-state index in [2.05, 4.69) is 15.4 Å². The summed E-state index contributed by atoms with van der Waals surface area (Å²) < 4.78 is 1.73. The fourth-order valence-corrected chi connectivity index (χ4v) is 2.53. The number of amides is 1. The quantitative estimate of drug-likeness (QED) is 0.776. The average Bonchev–Trinajstić information content (AvgIpc) is 2.86. The number of carbonyl (C=O) groups excluding carboxylic acids is 1. The molecule has 0 radical (unpaired) electrons. The predicted molar refractivity (Wildman–Crippen MR) is 94.7 cm³/mol. The Morgan fingerprint density at radius 3 is 2.38 bits per heavy atom. The van der Waals surface area contributed by atoms with E-state index in [4.69, 9.17) is 5.73 Å². The average molecular weight is 321 g/mol. The number of rotatable bonds is 3. The molecule has 3 N–H and O–H groups in total. The molecule has 6 nitrogen and oxygen atoms in total. The Morgan fingerprint density at radius 1 is 1.08 bits per heavy atom. The van der Waals surface area contributed by atoms with Crippen LogP contribution >= 0.6 is 0 Å². The summed E-state index contributed by atoms with van der Waals surface area (Å²) in [6.45, 7) is 3.89. The normalized spacial score (nSPS) is 10.6. The molecular weight excluding hydrogens is 302 g/mol. The monoisotopic (exact) mass is 321 g/mol. The minimum atomic E-state index is -0.216. The Bertz CT molecular complexity index is 896. The van der Waals surface area contributed by atoms with Gasteiger partial charge in [-0.1, -0.05) is 17.7 Å². The van der Waals surface area contributed by atoms with Crippen molar-refractivity contribution in [3.63, 3.8) is 0 Å². The molecule has 0 fully saturated rings. The molecule has 0 saturated heterocycles. The van der Waals surface area contributed by atoms with Gasteiger partial charge in [0.1, 0.15) is 11.6 Å². The molecule has 24 heavy (non-hydrogen) atoms. The summed E-state index contributed by atoms with van der Waals surface area (Å²) in [4.78, 5) is 16.5. The zero-order valence-electron chi connectivity index (χ0n) is 13.9. The second kappa shape index (κ2) is 6.16. The highest BCUT2D eigenvalue weighted by Gasteiger charge is 2.12. The third-order valence-electron chi connectivity index (χ3n) is 3.78. The van der Waals surface area contributed by atoms with Gasteiger partial charge in [0.2, 0.25) is 0 Å². The van der Waals surface area contributed by atoms with Gasteiger partial charge in [0, 0.05) is 29.9 Å². The van der Waals surface area contributed by atoms with Gasteiger partial charge < -0.3 is 11.1 Å². The highest BCUT2D eigenvalue weighted by Crippen LogP contribution is 2.28. The number of aryl methyl sites for hydroxylation is 3. The lowest BCUT2D eigenvalue weighted by atomic mass is 10.1. The summed E-state index contributed by atoms with van der Waals surface area (Å²) in [5.74, 6) is 0.559. The molecule has 0 aliphatic rings. The molecule has 0 spiro atoms. The van der Waals surface area contributed by atoms with Gasteiger partial charge in [-0.05, 0) is 38.1 Å². The fraction of sp³-hybridized carbons (Fsp3) is 0.167. The number of benzene rings is 1. The predicted octanol–water partition coefficient (Wildman–Crippen LogP) is 2.93. The number of hydrogen-bond acceptors (Lipinski definition) is 4. The molecule has 122 valence electrons. The summed E-state index contributed by atoms with van der Waals surface area (Å²) in [6, 6.07) is 10.9. The first-order valence-electron chi connectivity index (χ1n) is 7.59. The third kappa shape index (κ3) is 3.12. The van der Waals surface area contributed by atoms with Crippen molar-refractivity contribution in [1.29, 1.82) is 0 Å². The standard InChI is InChI=1S/C18H19N5O/c1-11-4-6-13(7-5-11)18(24)21-16-9-8-14(17(19)20-16)15-10-23(3)22-12(15)2/h4-10H,1-3H3,(H3,19,20,21,24). The molecule has 0 aliphatic heterocycles. The number of hydrogen-bond donors (Lipinski definition) is 2. The molecule has 6 heteroatoms. The van der Waals surface area contributed by atoms with Gasteiger partial charge in [0.15, 0.2) is 0 Å². The van der Waals surface area contributed by atoms with Gasteiger partial charge in [0.05, 0.1) is 5.69 Å². The Hall–Kier alpha value is -3.15. The lowest BCUT2D eigenvalue weighted by Gasteiger charge is -2.08. The Morgan fingerprint density at radius 2 is 1.79 bits per heavy atom. The lowest BCUT2D eigenvalue weighted by molar-refractivity contribution is 0.102. The number of nitrogens with two attached hydrogens (primary N) is 1. The molecule has 3 aromatic rings.